The Labute approximate surface area is 189 Å². The predicted molar refractivity (Wildman–Crippen MR) is 132 cm³/mol. The van der Waals surface area contributed by atoms with Gasteiger partial charge < -0.3 is 5.32 Å². The summed E-state index contributed by atoms with van der Waals surface area (Å²) in [6.45, 7) is 3.94. The van der Waals surface area contributed by atoms with Gasteiger partial charge in [0.2, 0.25) is 5.95 Å². The fourth-order valence-corrected chi connectivity index (χ4v) is 4.33. The first kappa shape index (κ1) is 20.5. The third-order valence-electron chi connectivity index (χ3n) is 6.08. The molecule has 1 N–H and O–H groups in total. The van der Waals surface area contributed by atoms with Crippen molar-refractivity contribution in [3.05, 3.63) is 96.2 Å². The fraction of sp³-hybridized carbons (Fsp3) is 0.259. The van der Waals surface area contributed by atoms with Gasteiger partial charge in [-0.3, -0.25) is 9.47 Å². The molecule has 1 aliphatic rings. The molecule has 2 aromatic heterocycles. The number of imidazole rings is 1. The summed E-state index contributed by atoms with van der Waals surface area (Å²) < 4.78 is 2.21. The normalized spacial score (nSPS) is 15.5. The van der Waals surface area contributed by atoms with Crippen molar-refractivity contribution in [2.75, 3.05) is 25.0 Å². The van der Waals surface area contributed by atoms with Crippen LogP contribution in [0.1, 0.15) is 24.0 Å². The van der Waals surface area contributed by atoms with E-state index in [0.29, 0.717) is 6.04 Å². The van der Waals surface area contributed by atoms with Crippen molar-refractivity contribution in [1.29, 1.82) is 0 Å². The summed E-state index contributed by atoms with van der Waals surface area (Å²) in [5.74, 6) is 0.921. The number of pyridine rings is 1. The Balaban J connectivity index is 1.23. The van der Waals surface area contributed by atoms with Gasteiger partial charge in [0, 0.05) is 31.9 Å². The van der Waals surface area contributed by atoms with E-state index in [4.69, 9.17) is 4.98 Å². The van der Waals surface area contributed by atoms with Crippen molar-refractivity contribution in [2.24, 2.45) is 0 Å². The second-order valence-corrected chi connectivity index (χ2v) is 8.39. The zero-order valence-corrected chi connectivity index (χ0v) is 18.3. The number of nitrogens with zero attached hydrogens (tertiary/aromatic N) is 4. The summed E-state index contributed by atoms with van der Waals surface area (Å²) in [6, 6.07) is 25.4. The highest BCUT2D eigenvalue weighted by Gasteiger charge is 2.21. The first-order chi connectivity index (χ1) is 15.8. The number of fused-ring (bicyclic) bond motifs is 1. The van der Waals surface area contributed by atoms with Gasteiger partial charge in [-0.25, -0.2) is 9.97 Å². The predicted octanol–water partition coefficient (Wildman–Crippen LogP) is 5.07. The molecule has 162 valence electrons. The molecule has 0 bridgehead atoms. The van der Waals surface area contributed by atoms with Crippen LogP contribution in [0.4, 0.5) is 5.95 Å². The van der Waals surface area contributed by atoms with Crippen LogP contribution in [0.5, 0.6) is 0 Å². The van der Waals surface area contributed by atoms with Crippen molar-refractivity contribution in [3.63, 3.8) is 0 Å². The van der Waals surface area contributed by atoms with Crippen LogP contribution in [-0.4, -0.2) is 45.1 Å². The number of rotatable bonds is 7. The molecule has 0 radical (unpaired) electrons. The molecule has 0 atom stereocenters. The number of hydrogen-bond acceptors (Lipinski definition) is 4. The quantitative estimate of drug-likeness (QED) is 0.451. The molecule has 1 saturated heterocycles. The number of anilines is 1. The van der Waals surface area contributed by atoms with E-state index in [1.54, 1.807) is 0 Å². The molecular formula is C27H29N5. The van der Waals surface area contributed by atoms with Crippen LogP contribution in [0.3, 0.4) is 0 Å². The summed E-state index contributed by atoms with van der Waals surface area (Å²) in [6.07, 6.45) is 8.55. The van der Waals surface area contributed by atoms with Crippen LogP contribution in [0.2, 0.25) is 0 Å². The summed E-state index contributed by atoms with van der Waals surface area (Å²) in [4.78, 5) is 12.0. The number of piperidine rings is 1. The van der Waals surface area contributed by atoms with Crippen LogP contribution < -0.4 is 5.32 Å². The summed E-state index contributed by atoms with van der Waals surface area (Å²) in [5, 5.41) is 3.73. The van der Waals surface area contributed by atoms with Gasteiger partial charge in [-0.2, -0.15) is 0 Å². The number of hydrogen-bond donors (Lipinski definition) is 1. The molecule has 0 spiro atoms. The lowest BCUT2D eigenvalue weighted by molar-refractivity contribution is 0.240. The van der Waals surface area contributed by atoms with Crippen molar-refractivity contribution < 1.29 is 0 Å². The average Bonchev–Trinajstić information content (AvgIpc) is 3.18. The molecule has 32 heavy (non-hydrogen) atoms. The zero-order valence-electron chi connectivity index (χ0n) is 18.3. The molecule has 3 heterocycles. The van der Waals surface area contributed by atoms with Crippen LogP contribution >= 0.6 is 0 Å². The molecule has 5 rings (SSSR count). The van der Waals surface area contributed by atoms with Gasteiger partial charge in [-0.1, -0.05) is 72.8 Å². The van der Waals surface area contributed by atoms with Crippen LogP contribution in [0.25, 0.3) is 17.2 Å². The van der Waals surface area contributed by atoms with E-state index in [1.165, 1.54) is 11.1 Å². The molecule has 1 aliphatic heterocycles. The Morgan fingerprint density at radius 3 is 2.44 bits per heavy atom. The number of nitrogens with one attached hydrogen (secondary N) is 1. The molecule has 2 aromatic carbocycles. The van der Waals surface area contributed by atoms with Crippen molar-refractivity contribution in [3.8, 4) is 0 Å². The smallest absolute Gasteiger partial charge is 0.205 e. The Morgan fingerprint density at radius 2 is 1.66 bits per heavy atom. The van der Waals surface area contributed by atoms with Gasteiger partial charge >= 0.3 is 0 Å². The molecule has 0 saturated carbocycles. The first-order valence-corrected chi connectivity index (χ1v) is 11.4. The zero-order chi connectivity index (χ0) is 21.6. The minimum absolute atomic E-state index is 0.427. The van der Waals surface area contributed by atoms with Gasteiger partial charge in [0.05, 0.1) is 6.54 Å². The van der Waals surface area contributed by atoms with Crippen LogP contribution in [0, 0.1) is 0 Å². The van der Waals surface area contributed by atoms with E-state index >= 15 is 0 Å². The molecule has 1 fully saturated rings. The van der Waals surface area contributed by atoms with Crippen molar-refractivity contribution in [1.82, 2.24) is 19.4 Å². The Hall–Kier alpha value is -3.44. The Morgan fingerprint density at radius 1 is 0.906 bits per heavy atom. The average molecular weight is 424 g/mol. The lowest BCUT2D eigenvalue weighted by Gasteiger charge is -2.32. The number of likely N-dealkylation sites (tertiary alicyclic amines) is 1. The first-order valence-electron chi connectivity index (χ1n) is 11.4. The minimum Gasteiger partial charge on any atom is -0.353 e. The SMILES string of the molecule is C(=C\c1ccccc1)/CN1CCC(Nc2nc3cccnc3n2Cc2ccccc2)CC1. The molecule has 0 amide bonds. The number of benzene rings is 2. The second kappa shape index (κ2) is 9.79. The van der Waals surface area contributed by atoms with Crippen molar-refractivity contribution >= 4 is 23.2 Å². The van der Waals surface area contributed by atoms with E-state index in [9.17, 15) is 0 Å². The highest BCUT2D eigenvalue weighted by Crippen LogP contribution is 2.22. The van der Waals surface area contributed by atoms with Gasteiger partial charge in [0.1, 0.15) is 5.52 Å². The fourth-order valence-electron chi connectivity index (χ4n) is 4.33. The molecule has 5 heteroatoms. The standard InChI is InChI=1S/C27H29N5/c1-3-9-22(10-4-1)13-8-18-31-19-15-24(16-20-31)29-27-30-25-14-7-17-28-26(25)32(27)21-23-11-5-2-6-12-23/h1-14,17,24H,15-16,18-21H2,(H,29,30)/b13-8+. The topological polar surface area (TPSA) is 46.0 Å². The van der Waals surface area contributed by atoms with Gasteiger partial charge in [0.25, 0.3) is 0 Å². The number of aromatic nitrogens is 3. The largest absolute Gasteiger partial charge is 0.353 e. The van der Waals surface area contributed by atoms with E-state index in [-0.39, 0.29) is 0 Å². The summed E-state index contributed by atoms with van der Waals surface area (Å²) in [7, 11) is 0. The monoisotopic (exact) mass is 423 g/mol. The van der Waals surface area contributed by atoms with E-state index < -0.39 is 0 Å². The van der Waals surface area contributed by atoms with Crippen molar-refractivity contribution in [2.45, 2.75) is 25.4 Å². The molecule has 4 aromatic rings. The minimum atomic E-state index is 0.427. The third kappa shape index (κ3) is 4.89. The van der Waals surface area contributed by atoms with Crippen LogP contribution in [0.15, 0.2) is 85.1 Å². The van der Waals surface area contributed by atoms with E-state index in [0.717, 1.165) is 56.1 Å². The maximum atomic E-state index is 4.87. The Kier molecular flexibility index (Phi) is 6.26. The van der Waals surface area contributed by atoms with Gasteiger partial charge in [-0.05, 0) is 36.1 Å². The highest BCUT2D eigenvalue weighted by molar-refractivity contribution is 5.74. The van der Waals surface area contributed by atoms with E-state index in [1.807, 2.05) is 18.3 Å². The maximum Gasteiger partial charge on any atom is 0.205 e. The molecule has 5 nitrogen and oxygen atoms in total. The Bertz CT molecular complexity index is 1160. The lowest BCUT2D eigenvalue weighted by Crippen LogP contribution is -2.39. The van der Waals surface area contributed by atoms with Gasteiger partial charge in [-0.15, -0.1) is 0 Å². The summed E-state index contributed by atoms with van der Waals surface area (Å²) >= 11 is 0. The molecule has 0 unspecified atom stereocenters. The molecule has 0 aliphatic carbocycles. The molecular weight excluding hydrogens is 394 g/mol. The summed E-state index contributed by atoms with van der Waals surface area (Å²) in [5.41, 5.74) is 4.38. The highest BCUT2D eigenvalue weighted by atomic mass is 15.2. The van der Waals surface area contributed by atoms with E-state index in [2.05, 4.69) is 92.6 Å². The van der Waals surface area contributed by atoms with Crippen LogP contribution in [-0.2, 0) is 6.54 Å². The van der Waals surface area contributed by atoms with Gasteiger partial charge in [0.15, 0.2) is 5.65 Å². The third-order valence-corrected chi connectivity index (χ3v) is 6.08. The second-order valence-electron chi connectivity index (χ2n) is 8.39. The lowest BCUT2D eigenvalue weighted by atomic mass is 10.1. The maximum absolute atomic E-state index is 4.87.